The number of carbonyl (C=O) groups is 2. The van der Waals surface area contributed by atoms with Crippen molar-refractivity contribution in [1.82, 2.24) is 0 Å². The van der Waals surface area contributed by atoms with Crippen molar-refractivity contribution in [2.24, 2.45) is 16.7 Å². The van der Waals surface area contributed by atoms with Crippen LogP contribution in [-0.2, 0) is 19.1 Å². The largest absolute Gasteiger partial charge is 0.468 e. The summed E-state index contributed by atoms with van der Waals surface area (Å²) in [6.07, 6.45) is 5.40. The van der Waals surface area contributed by atoms with E-state index in [0.717, 1.165) is 0 Å². The SMILES string of the molecule is COC(=O)C1(C(=O)OC)CCC(=C(C)C)[C@H](/C=C/C[C@H](O)C(C)(C)C)C1. The van der Waals surface area contributed by atoms with Gasteiger partial charge in [-0.15, -0.1) is 0 Å². The second kappa shape index (κ2) is 8.85. The predicted octanol–water partition coefficient (Wildman–Crippen LogP) is 3.81. The molecule has 0 amide bonds. The molecule has 0 aromatic heterocycles. The van der Waals surface area contributed by atoms with E-state index in [4.69, 9.17) is 9.47 Å². The Balaban J connectivity index is 3.13. The lowest BCUT2D eigenvalue weighted by Gasteiger charge is -2.37. The van der Waals surface area contributed by atoms with Gasteiger partial charge in [-0.1, -0.05) is 44.1 Å². The number of allylic oxidation sites excluding steroid dienone is 3. The van der Waals surface area contributed by atoms with Crippen molar-refractivity contribution in [2.75, 3.05) is 14.2 Å². The summed E-state index contributed by atoms with van der Waals surface area (Å²) in [5, 5.41) is 10.2. The molecule has 1 N–H and O–H groups in total. The Bertz CT molecular complexity index is 560. The second-order valence-electron chi connectivity index (χ2n) is 8.45. The van der Waals surface area contributed by atoms with Crippen LogP contribution in [0.3, 0.4) is 0 Å². The molecule has 26 heavy (non-hydrogen) atoms. The number of carbonyl (C=O) groups excluding carboxylic acids is 2. The summed E-state index contributed by atoms with van der Waals surface area (Å²) in [5.74, 6) is -1.13. The molecule has 148 valence electrons. The normalized spacial score (nSPS) is 21.4. The van der Waals surface area contributed by atoms with Crippen LogP contribution in [-0.4, -0.2) is 37.4 Å². The average Bonchev–Trinajstić information content (AvgIpc) is 2.58. The Kier molecular flexibility index (Phi) is 7.63. The number of rotatable bonds is 5. The third kappa shape index (κ3) is 4.97. The van der Waals surface area contributed by atoms with E-state index in [2.05, 4.69) is 0 Å². The molecule has 0 aromatic rings. The minimum absolute atomic E-state index is 0.0564. The van der Waals surface area contributed by atoms with Crippen molar-refractivity contribution in [2.45, 2.75) is 66.4 Å². The van der Waals surface area contributed by atoms with Gasteiger partial charge in [-0.2, -0.15) is 0 Å². The maximum absolute atomic E-state index is 12.4. The van der Waals surface area contributed by atoms with Crippen molar-refractivity contribution in [3.8, 4) is 0 Å². The van der Waals surface area contributed by atoms with Gasteiger partial charge in [0, 0.05) is 0 Å². The van der Waals surface area contributed by atoms with Crippen molar-refractivity contribution >= 4 is 11.9 Å². The average molecular weight is 366 g/mol. The highest BCUT2D eigenvalue weighted by Crippen LogP contribution is 2.45. The van der Waals surface area contributed by atoms with E-state index in [0.29, 0.717) is 25.7 Å². The third-order valence-corrected chi connectivity index (χ3v) is 5.36. The smallest absolute Gasteiger partial charge is 0.323 e. The van der Waals surface area contributed by atoms with E-state index in [9.17, 15) is 14.7 Å². The van der Waals surface area contributed by atoms with Gasteiger partial charge in [0.05, 0.1) is 20.3 Å². The van der Waals surface area contributed by atoms with E-state index >= 15 is 0 Å². The third-order valence-electron chi connectivity index (χ3n) is 5.36. The molecule has 1 saturated carbocycles. The zero-order chi connectivity index (χ0) is 20.1. The van der Waals surface area contributed by atoms with Crippen molar-refractivity contribution in [3.05, 3.63) is 23.3 Å². The number of hydrogen-bond acceptors (Lipinski definition) is 5. The summed E-state index contributed by atoms with van der Waals surface area (Å²) in [7, 11) is 2.60. The van der Waals surface area contributed by atoms with Gasteiger partial charge in [-0.05, 0) is 50.9 Å². The van der Waals surface area contributed by atoms with Gasteiger partial charge in [0.1, 0.15) is 0 Å². The van der Waals surface area contributed by atoms with Gasteiger partial charge in [-0.3, -0.25) is 9.59 Å². The lowest BCUT2D eigenvalue weighted by molar-refractivity contribution is -0.171. The second-order valence-corrected chi connectivity index (χ2v) is 8.45. The molecule has 0 aliphatic heterocycles. The lowest BCUT2D eigenvalue weighted by Crippen LogP contribution is -2.45. The monoisotopic (exact) mass is 366 g/mol. The Morgan fingerprint density at radius 2 is 1.77 bits per heavy atom. The van der Waals surface area contributed by atoms with Gasteiger partial charge in [-0.25, -0.2) is 0 Å². The molecule has 0 spiro atoms. The Hall–Kier alpha value is -1.62. The van der Waals surface area contributed by atoms with Crippen LogP contribution in [0.15, 0.2) is 23.3 Å². The molecule has 0 unspecified atom stereocenters. The Morgan fingerprint density at radius 3 is 2.19 bits per heavy atom. The van der Waals surface area contributed by atoms with Crippen LogP contribution in [0.4, 0.5) is 0 Å². The fraction of sp³-hybridized carbons (Fsp3) is 0.714. The minimum Gasteiger partial charge on any atom is -0.468 e. The van der Waals surface area contributed by atoms with Crippen LogP contribution >= 0.6 is 0 Å². The first-order chi connectivity index (χ1) is 12.0. The fourth-order valence-electron chi connectivity index (χ4n) is 3.51. The highest BCUT2D eigenvalue weighted by Gasteiger charge is 2.52. The van der Waals surface area contributed by atoms with Gasteiger partial charge in [0.2, 0.25) is 0 Å². The number of aliphatic hydroxyl groups is 1. The molecule has 0 bridgehead atoms. The van der Waals surface area contributed by atoms with E-state index in [1.165, 1.54) is 25.4 Å². The van der Waals surface area contributed by atoms with Crippen molar-refractivity contribution in [3.63, 3.8) is 0 Å². The molecule has 1 fully saturated rings. The van der Waals surface area contributed by atoms with Gasteiger partial charge in [0.15, 0.2) is 5.41 Å². The number of hydrogen-bond donors (Lipinski definition) is 1. The summed E-state index contributed by atoms with van der Waals surface area (Å²) in [5.41, 5.74) is 0.965. The van der Waals surface area contributed by atoms with Crippen LogP contribution in [0.1, 0.15) is 60.3 Å². The number of esters is 2. The van der Waals surface area contributed by atoms with Crippen molar-refractivity contribution in [1.29, 1.82) is 0 Å². The molecule has 0 radical (unpaired) electrons. The van der Waals surface area contributed by atoms with Gasteiger partial charge >= 0.3 is 11.9 Å². The highest BCUT2D eigenvalue weighted by atomic mass is 16.5. The molecule has 1 aliphatic carbocycles. The molecule has 2 atom stereocenters. The number of ether oxygens (including phenoxy) is 2. The van der Waals surface area contributed by atoms with E-state index in [1.54, 1.807) is 0 Å². The molecule has 1 rings (SSSR count). The first kappa shape index (κ1) is 22.4. The molecule has 5 nitrogen and oxygen atoms in total. The predicted molar refractivity (Wildman–Crippen MR) is 101 cm³/mol. The fourth-order valence-corrected chi connectivity index (χ4v) is 3.51. The van der Waals surface area contributed by atoms with Gasteiger partial charge < -0.3 is 14.6 Å². The zero-order valence-electron chi connectivity index (χ0n) is 17.2. The maximum Gasteiger partial charge on any atom is 0.323 e. The van der Waals surface area contributed by atoms with Gasteiger partial charge in [0.25, 0.3) is 0 Å². The summed E-state index contributed by atoms with van der Waals surface area (Å²) < 4.78 is 9.86. The van der Waals surface area contributed by atoms with Crippen LogP contribution < -0.4 is 0 Å². The van der Waals surface area contributed by atoms with E-state index in [-0.39, 0.29) is 11.3 Å². The summed E-state index contributed by atoms with van der Waals surface area (Å²) in [4.78, 5) is 24.8. The molecule has 1 aliphatic rings. The molecule has 0 aromatic carbocycles. The van der Waals surface area contributed by atoms with E-state index in [1.807, 2.05) is 46.8 Å². The molecular formula is C21H34O5. The zero-order valence-corrected chi connectivity index (χ0v) is 17.2. The van der Waals surface area contributed by atoms with Crippen LogP contribution in [0, 0.1) is 16.7 Å². The quantitative estimate of drug-likeness (QED) is 0.455. The topological polar surface area (TPSA) is 72.8 Å². The van der Waals surface area contributed by atoms with Crippen LogP contribution in [0.2, 0.25) is 0 Å². The summed E-state index contributed by atoms with van der Waals surface area (Å²) >= 11 is 0. The molecular weight excluding hydrogens is 332 g/mol. The Morgan fingerprint density at radius 1 is 1.23 bits per heavy atom. The first-order valence-electron chi connectivity index (χ1n) is 9.17. The Labute approximate surface area is 157 Å². The van der Waals surface area contributed by atoms with Crippen LogP contribution in [0.5, 0.6) is 0 Å². The summed E-state index contributed by atoms with van der Waals surface area (Å²) in [6, 6.07) is 0. The maximum atomic E-state index is 12.4. The lowest BCUT2D eigenvalue weighted by atomic mass is 9.66. The molecule has 0 heterocycles. The van der Waals surface area contributed by atoms with Crippen molar-refractivity contribution < 1.29 is 24.2 Å². The number of methoxy groups -OCH3 is 2. The standard InChI is InChI=1S/C21H34O5/c1-14(2)16-11-12-21(18(23)25-6,19(24)26-7)13-15(16)9-8-10-17(22)20(3,4)5/h8-9,15,17,22H,10-13H2,1-7H3/b9-8+/t15-,17+/m1/s1. The van der Waals surface area contributed by atoms with Crippen LogP contribution in [0.25, 0.3) is 0 Å². The first-order valence-corrected chi connectivity index (χ1v) is 9.17. The minimum atomic E-state index is -1.26. The number of aliphatic hydroxyl groups excluding tert-OH is 1. The summed E-state index contributed by atoms with van der Waals surface area (Å²) in [6.45, 7) is 10.1. The highest BCUT2D eigenvalue weighted by molar-refractivity contribution is 6.00. The molecule has 5 heteroatoms. The molecule has 0 saturated heterocycles. The van der Waals surface area contributed by atoms with E-state index < -0.39 is 23.5 Å².